The van der Waals surface area contributed by atoms with Gasteiger partial charge in [0, 0.05) is 36.4 Å². The summed E-state index contributed by atoms with van der Waals surface area (Å²) in [6, 6.07) is 15.9. The second-order valence-electron chi connectivity index (χ2n) is 9.60. The summed E-state index contributed by atoms with van der Waals surface area (Å²) in [7, 11) is 1.52. The summed E-state index contributed by atoms with van der Waals surface area (Å²) in [5.41, 5.74) is 1.58. The Bertz CT molecular complexity index is 1870. The molecule has 1 aliphatic rings. The molecule has 0 fully saturated rings. The monoisotopic (exact) mass is 603 g/mol. The minimum absolute atomic E-state index is 0.0231. The largest absolute Gasteiger partial charge is 0.493 e. The van der Waals surface area contributed by atoms with E-state index in [0.717, 1.165) is 6.42 Å². The Kier molecular flexibility index (Phi) is 8.98. The average Bonchev–Trinajstić information content (AvgIpc) is 3.59. The average molecular weight is 604 g/mol. The van der Waals surface area contributed by atoms with E-state index in [-0.39, 0.29) is 30.0 Å². The number of non-ortho nitro benzene ring substituents is 1. The molecule has 0 bridgehead atoms. The molecule has 4 aromatic rings. The SMILES string of the molecule is CCCOc1ccccc1[C@H]1C(C(=O)OCCOC)=C(C)N=c2s/c(=C/c3ccc(-c4ccc([N+](=O)[O-])cc4)o3)c(=O)n21. The summed E-state index contributed by atoms with van der Waals surface area (Å²) in [5, 5.41) is 11.0. The Morgan fingerprint density at radius 1 is 1.12 bits per heavy atom. The molecule has 0 radical (unpaired) electrons. The maximum Gasteiger partial charge on any atom is 0.338 e. The number of benzene rings is 2. The fourth-order valence-electron chi connectivity index (χ4n) is 4.68. The number of fused-ring (bicyclic) bond motifs is 1. The number of carbonyl (C=O) groups is 1. The number of allylic oxidation sites excluding steroid dienone is 1. The highest BCUT2D eigenvalue weighted by Gasteiger charge is 2.35. The molecule has 3 heterocycles. The number of para-hydroxylation sites is 1. The Labute approximate surface area is 250 Å². The van der Waals surface area contributed by atoms with Gasteiger partial charge in [-0.05, 0) is 43.7 Å². The third-order valence-electron chi connectivity index (χ3n) is 6.70. The van der Waals surface area contributed by atoms with Crippen molar-refractivity contribution in [2.75, 3.05) is 26.9 Å². The summed E-state index contributed by atoms with van der Waals surface area (Å²) in [5.74, 6) is 0.865. The molecule has 222 valence electrons. The number of hydrogen-bond acceptors (Lipinski definition) is 10. The third-order valence-corrected chi connectivity index (χ3v) is 7.68. The lowest BCUT2D eigenvalue weighted by molar-refractivity contribution is -0.384. The van der Waals surface area contributed by atoms with Crippen LogP contribution in [-0.2, 0) is 14.3 Å². The normalized spacial score (nSPS) is 14.8. The Balaban J connectivity index is 1.59. The molecule has 0 amide bonds. The van der Waals surface area contributed by atoms with Crippen molar-refractivity contribution >= 4 is 29.1 Å². The van der Waals surface area contributed by atoms with Crippen molar-refractivity contribution in [3.63, 3.8) is 0 Å². The number of methoxy groups -OCH3 is 1. The van der Waals surface area contributed by atoms with Gasteiger partial charge in [0.25, 0.3) is 11.2 Å². The molecule has 11 nitrogen and oxygen atoms in total. The zero-order valence-corrected chi connectivity index (χ0v) is 24.6. The summed E-state index contributed by atoms with van der Waals surface area (Å²) < 4.78 is 24.3. The van der Waals surface area contributed by atoms with E-state index in [2.05, 4.69) is 4.99 Å². The van der Waals surface area contributed by atoms with Gasteiger partial charge in [-0.15, -0.1) is 0 Å². The van der Waals surface area contributed by atoms with Crippen molar-refractivity contribution in [2.45, 2.75) is 26.3 Å². The molecule has 0 saturated carbocycles. The first-order valence-electron chi connectivity index (χ1n) is 13.6. The highest BCUT2D eigenvalue weighted by Crippen LogP contribution is 2.36. The predicted octanol–water partition coefficient (Wildman–Crippen LogP) is 4.38. The van der Waals surface area contributed by atoms with Gasteiger partial charge in [0.2, 0.25) is 0 Å². The number of nitro benzene ring substituents is 1. The van der Waals surface area contributed by atoms with Crippen LogP contribution in [0.1, 0.15) is 37.6 Å². The number of carbonyl (C=O) groups excluding carboxylic acids is 1. The molecule has 2 aromatic heterocycles. The van der Waals surface area contributed by atoms with Crippen LogP contribution in [0.2, 0.25) is 0 Å². The number of esters is 1. The smallest absolute Gasteiger partial charge is 0.338 e. The van der Waals surface area contributed by atoms with Crippen molar-refractivity contribution in [1.29, 1.82) is 0 Å². The number of thiazole rings is 1. The van der Waals surface area contributed by atoms with E-state index < -0.39 is 16.9 Å². The van der Waals surface area contributed by atoms with Crippen molar-refractivity contribution < 1.29 is 28.3 Å². The maximum atomic E-state index is 14.0. The van der Waals surface area contributed by atoms with Gasteiger partial charge >= 0.3 is 5.97 Å². The molecule has 2 aromatic carbocycles. The molecular formula is C31H29N3O8S. The highest BCUT2D eigenvalue weighted by molar-refractivity contribution is 7.07. The molecule has 12 heteroatoms. The van der Waals surface area contributed by atoms with Crippen LogP contribution < -0.4 is 19.6 Å². The summed E-state index contributed by atoms with van der Waals surface area (Å²) >= 11 is 1.17. The predicted molar refractivity (Wildman–Crippen MR) is 160 cm³/mol. The van der Waals surface area contributed by atoms with Crippen molar-refractivity contribution in [1.82, 2.24) is 4.57 Å². The van der Waals surface area contributed by atoms with Crippen LogP contribution in [0.3, 0.4) is 0 Å². The lowest BCUT2D eigenvalue weighted by Gasteiger charge is -2.26. The molecule has 0 spiro atoms. The van der Waals surface area contributed by atoms with Gasteiger partial charge < -0.3 is 18.6 Å². The second kappa shape index (κ2) is 13.0. The molecular weight excluding hydrogens is 574 g/mol. The van der Waals surface area contributed by atoms with Crippen LogP contribution in [0.5, 0.6) is 5.75 Å². The molecule has 0 unspecified atom stereocenters. The number of hydrogen-bond donors (Lipinski definition) is 0. The van der Waals surface area contributed by atoms with E-state index in [1.807, 2.05) is 31.2 Å². The summed E-state index contributed by atoms with van der Waals surface area (Å²) in [6.07, 6.45) is 2.40. The lowest BCUT2D eigenvalue weighted by Crippen LogP contribution is -2.40. The van der Waals surface area contributed by atoms with Gasteiger partial charge in [-0.2, -0.15) is 0 Å². The quantitative estimate of drug-likeness (QED) is 0.107. The summed E-state index contributed by atoms with van der Waals surface area (Å²) in [6.45, 7) is 4.45. The van der Waals surface area contributed by atoms with Crippen LogP contribution in [0.25, 0.3) is 17.4 Å². The molecule has 0 saturated heterocycles. The Morgan fingerprint density at radius 3 is 2.60 bits per heavy atom. The fraction of sp³-hybridized carbons (Fsp3) is 0.258. The van der Waals surface area contributed by atoms with Crippen LogP contribution >= 0.6 is 11.3 Å². The van der Waals surface area contributed by atoms with Crippen molar-refractivity contribution in [2.24, 2.45) is 4.99 Å². The van der Waals surface area contributed by atoms with Crippen molar-refractivity contribution in [3.05, 3.63) is 113 Å². The molecule has 1 atom stereocenters. The third kappa shape index (κ3) is 6.20. The number of rotatable bonds is 11. The highest BCUT2D eigenvalue weighted by atomic mass is 32.1. The Hall–Kier alpha value is -4.81. The standard InChI is InChI=1S/C31H29N3O8S/c1-4-15-40-25-8-6-5-7-23(25)28-27(30(36)41-17-16-39-3)19(2)32-31-33(28)29(35)26(43-31)18-22-13-14-24(42-22)20-9-11-21(12-10-20)34(37)38/h5-14,18,28H,4,15-17H2,1-3H3/b26-18+/t28-/m0/s1. The van der Waals surface area contributed by atoms with E-state index in [4.69, 9.17) is 18.6 Å². The minimum Gasteiger partial charge on any atom is -0.493 e. The molecule has 1 aliphatic heterocycles. The van der Waals surface area contributed by atoms with Crippen LogP contribution in [-0.4, -0.2) is 42.4 Å². The second-order valence-corrected chi connectivity index (χ2v) is 10.6. The zero-order chi connectivity index (χ0) is 30.5. The topological polar surface area (TPSA) is 135 Å². The first kappa shape index (κ1) is 29.7. The van der Waals surface area contributed by atoms with Crippen LogP contribution in [0.15, 0.2) is 86.1 Å². The number of ether oxygens (including phenoxy) is 3. The van der Waals surface area contributed by atoms with Crippen LogP contribution in [0, 0.1) is 10.1 Å². The van der Waals surface area contributed by atoms with E-state index in [1.54, 1.807) is 37.3 Å². The van der Waals surface area contributed by atoms with E-state index in [0.29, 0.717) is 50.0 Å². The molecule has 0 N–H and O–H groups in total. The van der Waals surface area contributed by atoms with Gasteiger partial charge in [0.05, 0.1) is 33.9 Å². The minimum atomic E-state index is -0.839. The number of furan rings is 1. The zero-order valence-electron chi connectivity index (χ0n) is 23.8. The lowest BCUT2D eigenvalue weighted by atomic mass is 9.95. The van der Waals surface area contributed by atoms with E-state index in [9.17, 15) is 19.7 Å². The molecule has 43 heavy (non-hydrogen) atoms. The summed E-state index contributed by atoms with van der Waals surface area (Å²) in [4.78, 5) is 42.9. The maximum absolute atomic E-state index is 14.0. The van der Waals surface area contributed by atoms with Crippen LogP contribution in [0.4, 0.5) is 5.69 Å². The number of nitro groups is 1. The van der Waals surface area contributed by atoms with Gasteiger partial charge in [0.1, 0.15) is 29.9 Å². The molecule has 5 rings (SSSR count). The number of nitrogens with zero attached hydrogens (tertiary/aromatic N) is 3. The van der Waals surface area contributed by atoms with Crippen molar-refractivity contribution in [3.8, 4) is 17.1 Å². The van der Waals surface area contributed by atoms with Gasteiger partial charge in [-0.3, -0.25) is 19.5 Å². The van der Waals surface area contributed by atoms with Gasteiger partial charge in [-0.25, -0.2) is 9.79 Å². The van der Waals surface area contributed by atoms with Gasteiger partial charge in [-0.1, -0.05) is 36.5 Å². The first-order chi connectivity index (χ1) is 20.8. The molecule has 0 aliphatic carbocycles. The first-order valence-corrected chi connectivity index (χ1v) is 14.4. The van der Waals surface area contributed by atoms with Gasteiger partial charge in [0.15, 0.2) is 4.80 Å². The fourth-order valence-corrected chi connectivity index (χ4v) is 5.71. The van der Waals surface area contributed by atoms with E-state index in [1.165, 1.54) is 35.1 Å². The van der Waals surface area contributed by atoms with E-state index >= 15 is 0 Å². The number of aromatic nitrogens is 1. The Morgan fingerprint density at radius 2 is 1.88 bits per heavy atom.